The van der Waals surface area contributed by atoms with Crippen molar-refractivity contribution < 1.29 is 23.5 Å². The van der Waals surface area contributed by atoms with E-state index in [9.17, 15) is 14.0 Å². The molecule has 1 saturated heterocycles. The number of benzene rings is 3. The molecule has 1 fully saturated rings. The molecule has 0 saturated carbocycles. The van der Waals surface area contributed by atoms with Crippen molar-refractivity contribution in [2.75, 3.05) is 11.6 Å². The Morgan fingerprint density at radius 1 is 1.00 bits per heavy atom. The molecule has 0 spiro atoms. The molecule has 168 valence electrons. The van der Waals surface area contributed by atoms with Crippen molar-refractivity contribution in [1.82, 2.24) is 5.43 Å². The number of hydrazine groups is 1. The quantitative estimate of drug-likeness (QED) is 0.396. The standard InChI is InChI=1S/C25H20ClFN2O4/c1-2-32-23-14-16(11-12-22(23)33-15-19-20(26)9-6-10-21(19)27)13-18-24(30)28-29(25(18)31)17-7-4-3-5-8-17/h3-14H,2,15H2,1H3,(H,28,30). The molecule has 0 radical (unpaired) electrons. The number of nitrogens with zero attached hydrogens (tertiary/aromatic N) is 1. The molecule has 0 aliphatic carbocycles. The fourth-order valence-corrected chi connectivity index (χ4v) is 3.52. The number of hydrogen-bond donors (Lipinski definition) is 1. The number of carbonyl (C=O) groups excluding carboxylic acids is 2. The van der Waals surface area contributed by atoms with Gasteiger partial charge in [-0.3, -0.25) is 15.0 Å². The number of carbonyl (C=O) groups is 2. The van der Waals surface area contributed by atoms with Gasteiger partial charge in [-0.25, -0.2) is 9.40 Å². The van der Waals surface area contributed by atoms with Crippen molar-refractivity contribution in [2.24, 2.45) is 0 Å². The van der Waals surface area contributed by atoms with Crippen LogP contribution in [0.5, 0.6) is 11.5 Å². The van der Waals surface area contributed by atoms with Crippen molar-refractivity contribution in [3.63, 3.8) is 0 Å². The fourth-order valence-electron chi connectivity index (χ4n) is 3.31. The molecule has 6 nitrogen and oxygen atoms in total. The summed E-state index contributed by atoms with van der Waals surface area (Å²) in [4.78, 5) is 25.2. The van der Waals surface area contributed by atoms with Gasteiger partial charge in [-0.15, -0.1) is 0 Å². The summed E-state index contributed by atoms with van der Waals surface area (Å²) in [7, 11) is 0. The topological polar surface area (TPSA) is 67.9 Å². The molecule has 3 aromatic rings. The fraction of sp³-hybridized carbons (Fsp3) is 0.120. The number of anilines is 1. The van der Waals surface area contributed by atoms with Gasteiger partial charge in [0.05, 0.1) is 17.3 Å². The molecule has 4 rings (SSSR count). The lowest BCUT2D eigenvalue weighted by atomic mass is 10.1. The SMILES string of the molecule is CCOc1cc(C=C2C(=O)NN(c3ccccc3)C2=O)ccc1OCc1c(F)cccc1Cl. The highest BCUT2D eigenvalue weighted by Crippen LogP contribution is 2.32. The molecule has 33 heavy (non-hydrogen) atoms. The second-order valence-corrected chi connectivity index (χ2v) is 7.51. The highest BCUT2D eigenvalue weighted by Gasteiger charge is 2.34. The Morgan fingerprint density at radius 3 is 2.52 bits per heavy atom. The summed E-state index contributed by atoms with van der Waals surface area (Å²) < 4.78 is 25.5. The van der Waals surface area contributed by atoms with Crippen LogP contribution in [0, 0.1) is 5.82 Å². The van der Waals surface area contributed by atoms with E-state index >= 15 is 0 Å². The lowest BCUT2D eigenvalue weighted by molar-refractivity contribution is -0.117. The number of ether oxygens (including phenoxy) is 2. The van der Waals surface area contributed by atoms with Gasteiger partial charge in [0.15, 0.2) is 11.5 Å². The molecular formula is C25H20ClFN2O4. The van der Waals surface area contributed by atoms with Gasteiger partial charge in [-0.1, -0.05) is 41.9 Å². The lowest BCUT2D eigenvalue weighted by Gasteiger charge is -2.14. The van der Waals surface area contributed by atoms with Crippen LogP contribution >= 0.6 is 11.6 Å². The molecule has 1 aliphatic heterocycles. The first kappa shape index (κ1) is 22.4. The Morgan fingerprint density at radius 2 is 1.79 bits per heavy atom. The Labute approximate surface area is 195 Å². The van der Waals surface area contributed by atoms with Gasteiger partial charge in [0.1, 0.15) is 18.0 Å². The first-order chi connectivity index (χ1) is 16.0. The molecule has 2 amide bonds. The summed E-state index contributed by atoms with van der Waals surface area (Å²) in [6.45, 7) is 2.09. The first-order valence-corrected chi connectivity index (χ1v) is 10.6. The summed E-state index contributed by atoms with van der Waals surface area (Å²) >= 11 is 6.07. The van der Waals surface area contributed by atoms with Crippen molar-refractivity contribution >= 4 is 35.2 Å². The molecule has 0 atom stereocenters. The van der Waals surface area contributed by atoms with E-state index in [4.69, 9.17) is 21.1 Å². The Hall–Kier alpha value is -3.84. The van der Waals surface area contributed by atoms with Crippen LogP contribution in [0.15, 0.2) is 72.3 Å². The van der Waals surface area contributed by atoms with E-state index < -0.39 is 17.6 Å². The zero-order valence-corrected chi connectivity index (χ0v) is 18.4. The lowest BCUT2D eigenvalue weighted by Crippen LogP contribution is -2.35. The number of para-hydroxylation sites is 1. The van der Waals surface area contributed by atoms with Gasteiger partial charge in [0, 0.05) is 5.56 Å². The second kappa shape index (κ2) is 9.75. The maximum Gasteiger partial charge on any atom is 0.282 e. The van der Waals surface area contributed by atoms with Crippen LogP contribution in [0.2, 0.25) is 5.02 Å². The van der Waals surface area contributed by atoms with Crippen LogP contribution in [0.25, 0.3) is 6.08 Å². The zero-order chi connectivity index (χ0) is 23.4. The van der Waals surface area contributed by atoms with E-state index in [1.165, 1.54) is 23.2 Å². The summed E-state index contributed by atoms with van der Waals surface area (Å²) in [5.74, 6) is -0.651. The molecule has 3 aromatic carbocycles. The normalized spacial score (nSPS) is 14.5. The minimum Gasteiger partial charge on any atom is -0.490 e. The van der Waals surface area contributed by atoms with Crippen molar-refractivity contribution in [1.29, 1.82) is 0 Å². The third-order valence-electron chi connectivity index (χ3n) is 4.92. The molecule has 0 bridgehead atoms. The first-order valence-electron chi connectivity index (χ1n) is 10.2. The van der Waals surface area contributed by atoms with Gasteiger partial charge in [0.2, 0.25) is 0 Å². The number of amides is 2. The van der Waals surface area contributed by atoms with Gasteiger partial charge in [0.25, 0.3) is 11.8 Å². The highest BCUT2D eigenvalue weighted by atomic mass is 35.5. The van der Waals surface area contributed by atoms with E-state index in [1.54, 1.807) is 48.5 Å². The summed E-state index contributed by atoms with van der Waals surface area (Å²) in [6, 6.07) is 18.2. The molecule has 0 aromatic heterocycles. The number of nitrogens with one attached hydrogen (secondary N) is 1. The Bertz CT molecular complexity index is 1210. The summed E-state index contributed by atoms with van der Waals surface area (Å²) in [5, 5.41) is 1.47. The van der Waals surface area contributed by atoms with Crippen LogP contribution < -0.4 is 19.9 Å². The van der Waals surface area contributed by atoms with Gasteiger partial charge >= 0.3 is 0 Å². The van der Waals surface area contributed by atoms with Crippen molar-refractivity contribution in [3.05, 3.63) is 94.3 Å². The number of hydrogen-bond acceptors (Lipinski definition) is 4. The molecule has 0 unspecified atom stereocenters. The average molecular weight is 467 g/mol. The van der Waals surface area contributed by atoms with Crippen molar-refractivity contribution in [3.8, 4) is 11.5 Å². The van der Waals surface area contributed by atoms with E-state index in [0.717, 1.165) is 0 Å². The Kier molecular flexibility index (Phi) is 6.60. The van der Waals surface area contributed by atoms with Crippen LogP contribution in [0.1, 0.15) is 18.1 Å². The average Bonchev–Trinajstić information content (AvgIpc) is 3.09. The second-order valence-electron chi connectivity index (χ2n) is 7.10. The number of halogens is 2. The molecule has 8 heteroatoms. The predicted molar refractivity (Wildman–Crippen MR) is 123 cm³/mol. The third kappa shape index (κ3) is 4.83. The zero-order valence-electron chi connectivity index (χ0n) is 17.7. The smallest absolute Gasteiger partial charge is 0.282 e. The molecule has 1 heterocycles. The maximum atomic E-state index is 14.0. The summed E-state index contributed by atoms with van der Waals surface area (Å²) in [5.41, 5.74) is 3.93. The van der Waals surface area contributed by atoms with Crippen LogP contribution in [-0.4, -0.2) is 18.4 Å². The van der Waals surface area contributed by atoms with Crippen LogP contribution in [0.4, 0.5) is 10.1 Å². The van der Waals surface area contributed by atoms with Crippen LogP contribution in [-0.2, 0) is 16.2 Å². The van der Waals surface area contributed by atoms with Gasteiger partial charge in [-0.05, 0) is 55.0 Å². The van der Waals surface area contributed by atoms with E-state index in [-0.39, 0.29) is 22.8 Å². The largest absolute Gasteiger partial charge is 0.490 e. The Balaban J connectivity index is 1.58. The maximum absolute atomic E-state index is 14.0. The van der Waals surface area contributed by atoms with Crippen LogP contribution in [0.3, 0.4) is 0 Å². The minimum atomic E-state index is -0.503. The highest BCUT2D eigenvalue weighted by molar-refractivity contribution is 6.32. The van der Waals surface area contributed by atoms with Crippen molar-refractivity contribution in [2.45, 2.75) is 13.5 Å². The monoisotopic (exact) mass is 466 g/mol. The predicted octanol–water partition coefficient (Wildman–Crippen LogP) is 4.92. The van der Waals surface area contributed by atoms with Gasteiger partial charge in [-0.2, -0.15) is 0 Å². The summed E-state index contributed by atoms with van der Waals surface area (Å²) in [6.07, 6.45) is 1.49. The minimum absolute atomic E-state index is 0.00638. The van der Waals surface area contributed by atoms with Gasteiger partial charge < -0.3 is 9.47 Å². The third-order valence-corrected chi connectivity index (χ3v) is 5.27. The molecule has 1 aliphatic rings. The molecular weight excluding hydrogens is 447 g/mol. The molecule has 1 N–H and O–H groups in total. The van der Waals surface area contributed by atoms with E-state index in [2.05, 4.69) is 5.43 Å². The number of rotatable bonds is 7. The van der Waals surface area contributed by atoms with E-state index in [1.807, 2.05) is 13.0 Å². The van der Waals surface area contributed by atoms with E-state index in [0.29, 0.717) is 29.4 Å².